The van der Waals surface area contributed by atoms with E-state index in [0.717, 1.165) is 0 Å². The van der Waals surface area contributed by atoms with Crippen LogP contribution in [0.3, 0.4) is 0 Å². The van der Waals surface area contributed by atoms with E-state index in [1.807, 2.05) is 6.07 Å². The Morgan fingerprint density at radius 3 is 2.94 bits per heavy atom. The van der Waals surface area contributed by atoms with Gasteiger partial charge in [-0.2, -0.15) is 5.26 Å². The number of aliphatic carboxylic acids is 1. The zero-order valence-corrected chi connectivity index (χ0v) is 9.95. The molecule has 0 aliphatic heterocycles. The van der Waals surface area contributed by atoms with Gasteiger partial charge in [0.15, 0.2) is 0 Å². The Labute approximate surface area is 104 Å². The Balaban J connectivity index is 2.73. The van der Waals surface area contributed by atoms with Crippen molar-refractivity contribution in [2.75, 3.05) is 11.9 Å². The Morgan fingerprint density at radius 1 is 1.65 bits per heavy atom. The number of nitrogens with zero attached hydrogens (tertiary/aromatic N) is 1. The molecule has 4 nitrogen and oxygen atoms in total. The lowest BCUT2D eigenvalue weighted by Crippen LogP contribution is -2.03. The number of halogens is 1. The minimum atomic E-state index is -0.955. The van der Waals surface area contributed by atoms with E-state index < -0.39 is 5.97 Å². The van der Waals surface area contributed by atoms with Crippen LogP contribution < -0.4 is 5.32 Å². The first-order chi connectivity index (χ1) is 8.04. The molecular formula is C12H11ClN2O2. The lowest BCUT2D eigenvalue weighted by molar-refractivity contribution is -0.132. The van der Waals surface area contributed by atoms with Crippen molar-refractivity contribution in [1.82, 2.24) is 0 Å². The van der Waals surface area contributed by atoms with Crippen molar-refractivity contribution in [2.24, 2.45) is 0 Å². The van der Waals surface area contributed by atoms with Gasteiger partial charge in [-0.15, -0.1) is 0 Å². The van der Waals surface area contributed by atoms with Crippen LogP contribution in [0.1, 0.15) is 12.5 Å². The van der Waals surface area contributed by atoms with Crippen molar-refractivity contribution in [1.29, 1.82) is 5.26 Å². The summed E-state index contributed by atoms with van der Waals surface area (Å²) in [5, 5.41) is 20.8. The fourth-order valence-corrected chi connectivity index (χ4v) is 1.32. The van der Waals surface area contributed by atoms with Crippen molar-refractivity contribution < 1.29 is 9.90 Å². The fourth-order valence-electron chi connectivity index (χ4n) is 1.13. The summed E-state index contributed by atoms with van der Waals surface area (Å²) in [7, 11) is 0. The van der Waals surface area contributed by atoms with E-state index >= 15 is 0 Å². The topological polar surface area (TPSA) is 73.1 Å². The summed E-state index contributed by atoms with van der Waals surface area (Å²) in [6, 6.07) is 6.86. The fraction of sp³-hybridized carbons (Fsp3) is 0.167. The number of carboxylic acids is 1. The number of anilines is 1. The van der Waals surface area contributed by atoms with Gasteiger partial charge in [0.05, 0.1) is 22.3 Å². The molecule has 17 heavy (non-hydrogen) atoms. The smallest absolute Gasteiger partial charge is 0.331 e. The third kappa shape index (κ3) is 3.82. The number of hydrogen-bond donors (Lipinski definition) is 2. The van der Waals surface area contributed by atoms with Gasteiger partial charge in [0.1, 0.15) is 0 Å². The number of benzene rings is 1. The molecule has 0 atom stereocenters. The quantitative estimate of drug-likeness (QED) is 0.806. The third-order valence-electron chi connectivity index (χ3n) is 2.13. The Kier molecular flexibility index (Phi) is 4.56. The molecule has 0 aromatic heterocycles. The molecule has 88 valence electrons. The van der Waals surface area contributed by atoms with Crippen molar-refractivity contribution in [3.63, 3.8) is 0 Å². The number of hydrogen-bond acceptors (Lipinski definition) is 3. The minimum Gasteiger partial charge on any atom is -0.478 e. The summed E-state index contributed by atoms with van der Waals surface area (Å²) in [5.74, 6) is -0.955. The van der Waals surface area contributed by atoms with Crippen LogP contribution in [0.15, 0.2) is 29.8 Å². The standard InChI is InChI=1S/C12H11ClN2O2/c1-8(12(16)17)4-5-15-11-6-9(7-14)2-3-10(11)13/h2-4,6,15H,5H2,1H3,(H,16,17)/b8-4-. The van der Waals surface area contributed by atoms with Gasteiger partial charge < -0.3 is 10.4 Å². The summed E-state index contributed by atoms with van der Waals surface area (Å²) in [6.45, 7) is 1.85. The monoisotopic (exact) mass is 250 g/mol. The van der Waals surface area contributed by atoms with Crippen LogP contribution in [-0.4, -0.2) is 17.6 Å². The maximum absolute atomic E-state index is 10.5. The number of carbonyl (C=O) groups is 1. The summed E-state index contributed by atoms with van der Waals surface area (Å²) in [5.41, 5.74) is 1.36. The van der Waals surface area contributed by atoms with E-state index in [9.17, 15) is 4.79 Å². The highest BCUT2D eigenvalue weighted by molar-refractivity contribution is 6.33. The maximum atomic E-state index is 10.5. The number of nitriles is 1. The zero-order chi connectivity index (χ0) is 12.8. The number of carboxylic acid groups (broad SMARTS) is 1. The second-order valence-electron chi connectivity index (χ2n) is 3.38. The first-order valence-corrected chi connectivity index (χ1v) is 5.26. The van der Waals surface area contributed by atoms with E-state index in [-0.39, 0.29) is 5.57 Å². The average Bonchev–Trinajstić information content (AvgIpc) is 2.31. The SMILES string of the molecule is C/C(=C/CNc1cc(C#N)ccc1Cl)C(=O)O. The maximum Gasteiger partial charge on any atom is 0.331 e. The second kappa shape index (κ2) is 5.92. The molecule has 0 fully saturated rings. The molecule has 5 heteroatoms. The Bertz CT molecular complexity index is 504. The summed E-state index contributed by atoms with van der Waals surface area (Å²) >= 11 is 5.92. The first kappa shape index (κ1) is 13.1. The summed E-state index contributed by atoms with van der Waals surface area (Å²) < 4.78 is 0. The highest BCUT2D eigenvalue weighted by atomic mass is 35.5. The molecule has 0 bridgehead atoms. The van der Waals surface area contributed by atoms with Crippen molar-refractivity contribution in [3.8, 4) is 6.07 Å². The van der Waals surface area contributed by atoms with Crippen LogP contribution in [-0.2, 0) is 4.79 Å². The van der Waals surface area contributed by atoms with Gasteiger partial charge in [0, 0.05) is 12.1 Å². The van der Waals surface area contributed by atoms with Crippen molar-refractivity contribution in [3.05, 3.63) is 40.4 Å². The summed E-state index contributed by atoms with van der Waals surface area (Å²) in [6.07, 6.45) is 1.54. The molecule has 1 aromatic carbocycles. The van der Waals surface area contributed by atoms with Gasteiger partial charge in [0.25, 0.3) is 0 Å². The molecule has 0 heterocycles. The lowest BCUT2D eigenvalue weighted by atomic mass is 10.2. The second-order valence-corrected chi connectivity index (χ2v) is 3.79. The highest BCUT2D eigenvalue weighted by Gasteiger charge is 2.02. The highest BCUT2D eigenvalue weighted by Crippen LogP contribution is 2.22. The predicted octanol–water partition coefficient (Wildman–Crippen LogP) is 2.65. The molecule has 0 radical (unpaired) electrons. The van der Waals surface area contributed by atoms with Crippen molar-refractivity contribution >= 4 is 23.3 Å². The van der Waals surface area contributed by atoms with Crippen LogP contribution in [0, 0.1) is 11.3 Å². The van der Waals surface area contributed by atoms with Gasteiger partial charge in [-0.3, -0.25) is 0 Å². The largest absolute Gasteiger partial charge is 0.478 e. The van der Waals surface area contributed by atoms with Crippen LogP contribution in [0.2, 0.25) is 5.02 Å². The van der Waals surface area contributed by atoms with Gasteiger partial charge in [0.2, 0.25) is 0 Å². The van der Waals surface area contributed by atoms with Crippen LogP contribution in [0.25, 0.3) is 0 Å². The van der Waals surface area contributed by atoms with E-state index in [4.69, 9.17) is 22.0 Å². The molecule has 1 rings (SSSR count). The van der Waals surface area contributed by atoms with E-state index in [1.54, 1.807) is 18.2 Å². The van der Waals surface area contributed by atoms with Gasteiger partial charge >= 0.3 is 5.97 Å². The molecule has 2 N–H and O–H groups in total. The minimum absolute atomic E-state index is 0.255. The zero-order valence-electron chi connectivity index (χ0n) is 9.20. The molecule has 0 saturated heterocycles. The molecule has 0 saturated carbocycles. The van der Waals surface area contributed by atoms with Gasteiger partial charge in [-0.1, -0.05) is 17.7 Å². The number of rotatable bonds is 4. The first-order valence-electron chi connectivity index (χ1n) is 4.88. The van der Waals surface area contributed by atoms with Crippen LogP contribution >= 0.6 is 11.6 Å². The van der Waals surface area contributed by atoms with Crippen molar-refractivity contribution in [2.45, 2.75) is 6.92 Å². The molecule has 0 spiro atoms. The molecule has 1 aromatic rings. The molecule has 0 aliphatic carbocycles. The number of nitrogens with one attached hydrogen (secondary N) is 1. The molecular weight excluding hydrogens is 240 g/mol. The van der Waals surface area contributed by atoms with Crippen LogP contribution in [0.4, 0.5) is 5.69 Å². The normalized spacial score (nSPS) is 10.8. The summed E-state index contributed by atoms with van der Waals surface area (Å²) in [4.78, 5) is 10.5. The van der Waals surface area contributed by atoms with Crippen LogP contribution in [0.5, 0.6) is 0 Å². The Hall–Kier alpha value is -1.99. The molecule has 0 aliphatic rings. The van der Waals surface area contributed by atoms with Gasteiger partial charge in [-0.05, 0) is 25.1 Å². The Morgan fingerprint density at radius 2 is 2.35 bits per heavy atom. The van der Waals surface area contributed by atoms with Gasteiger partial charge in [-0.25, -0.2) is 4.79 Å². The molecule has 0 amide bonds. The third-order valence-corrected chi connectivity index (χ3v) is 2.46. The van der Waals surface area contributed by atoms with E-state index in [2.05, 4.69) is 5.32 Å². The predicted molar refractivity (Wildman–Crippen MR) is 66.0 cm³/mol. The molecule has 0 unspecified atom stereocenters. The lowest BCUT2D eigenvalue weighted by Gasteiger charge is -2.06. The van der Waals surface area contributed by atoms with E-state index in [0.29, 0.717) is 22.8 Å². The van der Waals surface area contributed by atoms with E-state index in [1.165, 1.54) is 13.0 Å². The average molecular weight is 251 g/mol.